The standard InChI is InChI=1S/C27H29N3O3/c1-3-25(31)30-16-13-21-9-10-23(17-24(21)26(30)22-7-5-4-6-8-22)33-19(2)27(32)29-18-20-11-14-28-15-12-20/h4-12,14-15,17,19,26H,3,13,16,18H2,1-2H3,(H,29,32). The molecule has 1 aromatic heterocycles. The monoisotopic (exact) mass is 443 g/mol. The highest BCUT2D eigenvalue weighted by Crippen LogP contribution is 2.37. The van der Waals surface area contributed by atoms with Crippen LogP contribution in [-0.2, 0) is 22.6 Å². The minimum absolute atomic E-state index is 0.129. The Morgan fingerprint density at radius 3 is 2.61 bits per heavy atom. The summed E-state index contributed by atoms with van der Waals surface area (Å²) in [4.78, 5) is 31.2. The van der Waals surface area contributed by atoms with Crippen molar-refractivity contribution in [2.45, 2.75) is 45.4 Å². The summed E-state index contributed by atoms with van der Waals surface area (Å²) >= 11 is 0. The predicted molar refractivity (Wildman–Crippen MR) is 127 cm³/mol. The summed E-state index contributed by atoms with van der Waals surface area (Å²) in [6.45, 7) is 4.74. The molecular formula is C27H29N3O3. The number of benzene rings is 2. The maximum Gasteiger partial charge on any atom is 0.261 e. The quantitative estimate of drug-likeness (QED) is 0.598. The van der Waals surface area contributed by atoms with Crippen LogP contribution >= 0.6 is 0 Å². The van der Waals surface area contributed by atoms with Crippen LogP contribution in [0.2, 0.25) is 0 Å². The molecule has 1 aliphatic rings. The van der Waals surface area contributed by atoms with Gasteiger partial charge in [0.25, 0.3) is 5.91 Å². The number of ether oxygens (including phenoxy) is 1. The molecule has 0 bridgehead atoms. The molecule has 2 unspecified atom stereocenters. The van der Waals surface area contributed by atoms with E-state index in [2.05, 4.69) is 28.5 Å². The molecule has 0 fully saturated rings. The Bertz CT molecular complexity index is 1100. The molecular weight excluding hydrogens is 414 g/mol. The van der Waals surface area contributed by atoms with Gasteiger partial charge < -0.3 is 15.0 Å². The van der Waals surface area contributed by atoms with Gasteiger partial charge in [0.05, 0.1) is 6.04 Å². The summed E-state index contributed by atoms with van der Waals surface area (Å²) in [5, 5.41) is 2.90. The third-order valence-corrected chi connectivity index (χ3v) is 5.98. The molecule has 1 N–H and O–H groups in total. The molecule has 2 aromatic carbocycles. The number of nitrogens with one attached hydrogen (secondary N) is 1. The van der Waals surface area contributed by atoms with Gasteiger partial charge in [0.15, 0.2) is 6.10 Å². The minimum Gasteiger partial charge on any atom is -0.481 e. The largest absolute Gasteiger partial charge is 0.481 e. The fourth-order valence-corrected chi connectivity index (χ4v) is 4.22. The lowest BCUT2D eigenvalue weighted by Crippen LogP contribution is -2.40. The van der Waals surface area contributed by atoms with Crippen molar-refractivity contribution in [1.82, 2.24) is 15.2 Å². The summed E-state index contributed by atoms with van der Waals surface area (Å²) in [7, 11) is 0. The SMILES string of the molecule is CCC(=O)N1CCc2ccc(OC(C)C(=O)NCc3ccncc3)cc2C1c1ccccc1. The highest BCUT2D eigenvalue weighted by atomic mass is 16.5. The Kier molecular flexibility index (Phi) is 7.03. The van der Waals surface area contributed by atoms with Crippen molar-refractivity contribution in [3.8, 4) is 5.75 Å². The molecule has 33 heavy (non-hydrogen) atoms. The van der Waals surface area contributed by atoms with Gasteiger partial charge in [0.1, 0.15) is 5.75 Å². The van der Waals surface area contributed by atoms with Gasteiger partial charge in [-0.05, 0) is 59.9 Å². The van der Waals surface area contributed by atoms with E-state index in [4.69, 9.17) is 4.74 Å². The first-order valence-electron chi connectivity index (χ1n) is 11.4. The second-order valence-electron chi connectivity index (χ2n) is 8.20. The zero-order valence-electron chi connectivity index (χ0n) is 19.0. The van der Waals surface area contributed by atoms with E-state index in [1.54, 1.807) is 19.3 Å². The number of carbonyl (C=O) groups excluding carboxylic acids is 2. The van der Waals surface area contributed by atoms with Crippen LogP contribution in [0.25, 0.3) is 0 Å². The van der Waals surface area contributed by atoms with Crippen LogP contribution in [-0.4, -0.2) is 34.3 Å². The van der Waals surface area contributed by atoms with Gasteiger partial charge in [-0.3, -0.25) is 14.6 Å². The number of aromatic nitrogens is 1. The lowest BCUT2D eigenvalue weighted by atomic mass is 9.87. The fraction of sp³-hybridized carbons (Fsp3) is 0.296. The van der Waals surface area contributed by atoms with Gasteiger partial charge in [-0.1, -0.05) is 43.3 Å². The Hall–Kier alpha value is -3.67. The van der Waals surface area contributed by atoms with E-state index in [1.807, 2.05) is 54.3 Å². The smallest absolute Gasteiger partial charge is 0.261 e. The predicted octanol–water partition coefficient (Wildman–Crippen LogP) is 4.05. The van der Waals surface area contributed by atoms with Crippen molar-refractivity contribution in [1.29, 1.82) is 0 Å². The van der Waals surface area contributed by atoms with Crippen molar-refractivity contribution >= 4 is 11.8 Å². The average Bonchev–Trinajstić information content (AvgIpc) is 2.87. The van der Waals surface area contributed by atoms with Gasteiger partial charge in [0.2, 0.25) is 5.91 Å². The Balaban J connectivity index is 1.53. The number of amides is 2. The molecule has 2 atom stereocenters. The number of fused-ring (bicyclic) bond motifs is 1. The maximum absolute atomic E-state index is 12.7. The Morgan fingerprint density at radius 2 is 1.88 bits per heavy atom. The van der Waals surface area contributed by atoms with Crippen molar-refractivity contribution in [3.63, 3.8) is 0 Å². The maximum atomic E-state index is 12.7. The third kappa shape index (κ3) is 5.22. The first-order chi connectivity index (χ1) is 16.1. The molecule has 0 radical (unpaired) electrons. The zero-order chi connectivity index (χ0) is 23.2. The van der Waals surface area contributed by atoms with Crippen molar-refractivity contribution in [3.05, 3.63) is 95.3 Å². The first-order valence-corrected chi connectivity index (χ1v) is 11.4. The normalized spacial score (nSPS) is 15.9. The van der Waals surface area contributed by atoms with Crippen molar-refractivity contribution < 1.29 is 14.3 Å². The van der Waals surface area contributed by atoms with Gasteiger partial charge >= 0.3 is 0 Å². The van der Waals surface area contributed by atoms with E-state index in [1.165, 1.54) is 5.56 Å². The van der Waals surface area contributed by atoms with E-state index in [0.29, 0.717) is 25.3 Å². The number of carbonyl (C=O) groups is 2. The summed E-state index contributed by atoms with van der Waals surface area (Å²) in [5.41, 5.74) is 4.30. The van der Waals surface area contributed by atoms with Crippen LogP contribution in [0.1, 0.15) is 48.6 Å². The molecule has 2 heterocycles. The van der Waals surface area contributed by atoms with E-state index >= 15 is 0 Å². The van der Waals surface area contributed by atoms with Crippen LogP contribution in [0.15, 0.2) is 73.1 Å². The lowest BCUT2D eigenvalue weighted by molar-refractivity contribution is -0.133. The number of rotatable bonds is 7. The lowest BCUT2D eigenvalue weighted by Gasteiger charge is -2.38. The fourth-order valence-electron chi connectivity index (χ4n) is 4.22. The number of nitrogens with zero attached hydrogens (tertiary/aromatic N) is 2. The molecule has 0 saturated heterocycles. The summed E-state index contributed by atoms with van der Waals surface area (Å²) in [5.74, 6) is 0.559. The van der Waals surface area contributed by atoms with Gasteiger partial charge in [-0.15, -0.1) is 0 Å². The van der Waals surface area contributed by atoms with Crippen LogP contribution in [0.5, 0.6) is 5.75 Å². The molecule has 3 aromatic rings. The second kappa shape index (κ2) is 10.3. The van der Waals surface area contributed by atoms with Gasteiger partial charge in [0, 0.05) is 31.9 Å². The van der Waals surface area contributed by atoms with E-state index in [0.717, 1.165) is 23.1 Å². The van der Waals surface area contributed by atoms with Crippen LogP contribution in [0.4, 0.5) is 0 Å². The van der Waals surface area contributed by atoms with E-state index < -0.39 is 6.10 Å². The molecule has 6 nitrogen and oxygen atoms in total. The molecule has 1 aliphatic heterocycles. The minimum atomic E-state index is -0.656. The average molecular weight is 444 g/mol. The molecule has 0 aliphatic carbocycles. The van der Waals surface area contributed by atoms with Gasteiger partial charge in [-0.2, -0.15) is 0 Å². The molecule has 0 spiro atoms. The highest BCUT2D eigenvalue weighted by molar-refractivity contribution is 5.80. The van der Waals surface area contributed by atoms with Crippen molar-refractivity contribution in [2.24, 2.45) is 0 Å². The summed E-state index contributed by atoms with van der Waals surface area (Å²) in [6.07, 6.45) is 4.00. The molecule has 2 amide bonds. The number of hydrogen-bond acceptors (Lipinski definition) is 4. The second-order valence-corrected chi connectivity index (χ2v) is 8.20. The Labute approximate surface area is 194 Å². The van der Waals surface area contributed by atoms with Crippen LogP contribution < -0.4 is 10.1 Å². The third-order valence-electron chi connectivity index (χ3n) is 5.98. The van der Waals surface area contributed by atoms with E-state index in [9.17, 15) is 9.59 Å². The zero-order valence-corrected chi connectivity index (χ0v) is 19.0. The number of hydrogen-bond donors (Lipinski definition) is 1. The molecule has 170 valence electrons. The molecule has 6 heteroatoms. The highest BCUT2D eigenvalue weighted by Gasteiger charge is 2.31. The first kappa shape index (κ1) is 22.5. The Morgan fingerprint density at radius 1 is 1.12 bits per heavy atom. The molecule has 0 saturated carbocycles. The van der Waals surface area contributed by atoms with E-state index in [-0.39, 0.29) is 17.9 Å². The topological polar surface area (TPSA) is 71.5 Å². The summed E-state index contributed by atoms with van der Waals surface area (Å²) < 4.78 is 6.01. The molecule has 4 rings (SSSR count). The number of pyridine rings is 1. The van der Waals surface area contributed by atoms with Crippen molar-refractivity contribution in [2.75, 3.05) is 6.54 Å². The summed E-state index contributed by atoms with van der Waals surface area (Å²) in [6, 6.07) is 19.6. The van der Waals surface area contributed by atoms with Crippen LogP contribution in [0, 0.1) is 0 Å². The van der Waals surface area contributed by atoms with Gasteiger partial charge in [-0.25, -0.2) is 0 Å². The van der Waals surface area contributed by atoms with Crippen LogP contribution in [0.3, 0.4) is 0 Å².